The number of amides is 1. The van der Waals surface area contributed by atoms with Gasteiger partial charge in [0.1, 0.15) is 13.2 Å². The van der Waals surface area contributed by atoms with Gasteiger partial charge in [0, 0.05) is 6.42 Å². The maximum Gasteiger partial charge on any atom is 0.268 e. The minimum atomic E-state index is -4.56. The lowest BCUT2D eigenvalue weighted by atomic mass is 10.0. The molecule has 0 aliphatic rings. The van der Waals surface area contributed by atoms with Crippen LogP contribution in [0.5, 0.6) is 0 Å². The fourth-order valence-corrected chi connectivity index (χ4v) is 7.70. The predicted molar refractivity (Wildman–Crippen MR) is 233 cm³/mol. The zero-order chi connectivity index (χ0) is 40.7. The molecule has 0 saturated carbocycles. The van der Waals surface area contributed by atoms with Crippen LogP contribution in [0.3, 0.4) is 0 Å². The number of nitrogens with one attached hydrogen (secondary N) is 1. The van der Waals surface area contributed by atoms with Gasteiger partial charge < -0.3 is 28.8 Å². The molecule has 0 heterocycles. The summed E-state index contributed by atoms with van der Waals surface area (Å²) >= 11 is 0. The normalized spacial score (nSPS) is 14.4. The van der Waals surface area contributed by atoms with E-state index in [1.54, 1.807) is 0 Å². The smallest absolute Gasteiger partial charge is 0.268 e. The first kappa shape index (κ1) is 54.2. The van der Waals surface area contributed by atoms with Gasteiger partial charge in [0.05, 0.1) is 39.9 Å². The highest BCUT2D eigenvalue weighted by Gasteiger charge is 2.24. The van der Waals surface area contributed by atoms with E-state index in [2.05, 4.69) is 31.3 Å². The molecular formula is C46H93N2O6P. The average Bonchev–Trinajstić information content (AvgIpc) is 3.13. The highest BCUT2D eigenvalue weighted by atomic mass is 31.2. The van der Waals surface area contributed by atoms with E-state index >= 15 is 0 Å². The fraction of sp³-hybridized carbons (Fsp3) is 0.935. The number of aliphatic hydroxyl groups is 1. The molecule has 0 aliphatic carbocycles. The summed E-state index contributed by atoms with van der Waals surface area (Å²) in [5.41, 5.74) is 0. The maximum atomic E-state index is 12.9. The van der Waals surface area contributed by atoms with Crippen molar-refractivity contribution in [3.05, 3.63) is 12.2 Å². The van der Waals surface area contributed by atoms with Crippen molar-refractivity contribution < 1.29 is 32.9 Å². The van der Waals surface area contributed by atoms with E-state index < -0.39 is 20.0 Å². The number of likely N-dealkylation sites (N-methyl/N-ethyl adjacent to an activating group) is 1. The number of phosphoric ester groups is 1. The number of unbranched alkanes of at least 4 members (excludes halogenated alkanes) is 28. The summed E-state index contributed by atoms with van der Waals surface area (Å²) in [7, 11) is 1.30. The molecule has 55 heavy (non-hydrogen) atoms. The van der Waals surface area contributed by atoms with E-state index in [1.165, 1.54) is 154 Å². The third-order valence-corrected chi connectivity index (χ3v) is 11.7. The molecule has 8 nitrogen and oxygen atoms in total. The van der Waals surface area contributed by atoms with Crippen molar-refractivity contribution in [3.8, 4) is 0 Å². The second-order valence-electron chi connectivity index (χ2n) is 17.5. The Balaban J connectivity index is 4.19. The molecule has 9 heteroatoms. The lowest BCUT2D eigenvalue weighted by Gasteiger charge is -2.30. The van der Waals surface area contributed by atoms with Crippen LogP contribution in [0.2, 0.25) is 0 Å². The number of aliphatic hydroxyl groups excluding tert-OH is 1. The first-order chi connectivity index (χ1) is 26.5. The summed E-state index contributed by atoms with van der Waals surface area (Å²) in [5, 5.41) is 13.9. The zero-order valence-electron chi connectivity index (χ0n) is 37.1. The van der Waals surface area contributed by atoms with Crippen molar-refractivity contribution in [1.82, 2.24) is 5.32 Å². The molecule has 0 aromatic rings. The number of quaternary nitrogens is 1. The lowest BCUT2D eigenvalue weighted by Crippen LogP contribution is -2.46. The lowest BCUT2D eigenvalue weighted by molar-refractivity contribution is -0.870. The maximum absolute atomic E-state index is 12.9. The summed E-state index contributed by atoms with van der Waals surface area (Å²) in [6, 6.07) is -0.810. The number of carbonyl (C=O) groups excluding carboxylic acids is 1. The van der Waals surface area contributed by atoms with Crippen LogP contribution in [0.15, 0.2) is 12.2 Å². The first-order valence-corrected chi connectivity index (χ1v) is 25.0. The van der Waals surface area contributed by atoms with E-state index in [0.29, 0.717) is 23.9 Å². The summed E-state index contributed by atoms with van der Waals surface area (Å²) in [6.45, 7) is 4.69. The Morgan fingerprint density at radius 2 is 1.00 bits per heavy atom. The largest absolute Gasteiger partial charge is 0.756 e. The quantitative estimate of drug-likeness (QED) is 0.0275. The van der Waals surface area contributed by atoms with Crippen LogP contribution in [-0.2, 0) is 18.4 Å². The van der Waals surface area contributed by atoms with Crippen LogP contribution in [-0.4, -0.2) is 68.5 Å². The Bertz CT molecular complexity index is 911. The SMILES string of the molecule is CCCCCCC/C=C/CCCC[C@@H](O)[C@H](COP(=O)([O-])OCC[N+](C)(C)C)NC(=O)CCCCCCCCCCCCCCCCCCCCCCCC. The minimum Gasteiger partial charge on any atom is -0.756 e. The summed E-state index contributed by atoms with van der Waals surface area (Å²) < 4.78 is 23.2. The van der Waals surface area contributed by atoms with E-state index in [4.69, 9.17) is 9.05 Å². The van der Waals surface area contributed by atoms with Crippen molar-refractivity contribution in [2.45, 2.75) is 238 Å². The Morgan fingerprint density at radius 1 is 0.618 bits per heavy atom. The molecule has 3 atom stereocenters. The van der Waals surface area contributed by atoms with Crippen molar-refractivity contribution in [1.29, 1.82) is 0 Å². The molecule has 328 valence electrons. The van der Waals surface area contributed by atoms with Gasteiger partial charge in [-0.3, -0.25) is 9.36 Å². The third-order valence-electron chi connectivity index (χ3n) is 10.8. The van der Waals surface area contributed by atoms with Crippen LogP contribution in [0.1, 0.15) is 226 Å². The number of phosphoric acid groups is 1. The number of carbonyl (C=O) groups is 1. The third kappa shape index (κ3) is 41.2. The minimum absolute atomic E-state index is 0.00955. The van der Waals surface area contributed by atoms with Gasteiger partial charge in [0.25, 0.3) is 7.82 Å². The molecule has 0 aromatic carbocycles. The number of rotatable bonds is 43. The average molecular weight is 801 g/mol. The highest BCUT2D eigenvalue weighted by molar-refractivity contribution is 7.45. The van der Waals surface area contributed by atoms with E-state index in [1.807, 2.05) is 21.1 Å². The van der Waals surface area contributed by atoms with E-state index in [0.717, 1.165) is 44.9 Å². The summed E-state index contributed by atoms with van der Waals surface area (Å²) in [4.78, 5) is 25.3. The Kier molecular flexibility index (Phi) is 38.2. The molecule has 0 rings (SSSR count). The van der Waals surface area contributed by atoms with Gasteiger partial charge in [-0.1, -0.05) is 193 Å². The van der Waals surface area contributed by atoms with Crippen LogP contribution < -0.4 is 10.2 Å². The van der Waals surface area contributed by atoms with Crippen LogP contribution in [0.25, 0.3) is 0 Å². The van der Waals surface area contributed by atoms with E-state index in [9.17, 15) is 19.4 Å². The fourth-order valence-electron chi connectivity index (χ4n) is 6.98. The van der Waals surface area contributed by atoms with Crippen LogP contribution in [0, 0.1) is 0 Å². The number of hydrogen-bond acceptors (Lipinski definition) is 6. The topological polar surface area (TPSA) is 108 Å². The monoisotopic (exact) mass is 801 g/mol. The van der Waals surface area contributed by atoms with Gasteiger partial charge in [0.15, 0.2) is 0 Å². The molecule has 0 aromatic heterocycles. The molecule has 1 unspecified atom stereocenters. The molecular weight excluding hydrogens is 707 g/mol. The summed E-state index contributed by atoms with van der Waals surface area (Å²) in [6.07, 6.45) is 43.7. The molecule has 0 saturated heterocycles. The van der Waals surface area contributed by atoms with Crippen molar-refractivity contribution in [2.24, 2.45) is 0 Å². The Labute approximate surface area is 342 Å². The van der Waals surface area contributed by atoms with Crippen molar-refractivity contribution in [3.63, 3.8) is 0 Å². The molecule has 0 spiro atoms. The van der Waals surface area contributed by atoms with Crippen molar-refractivity contribution >= 4 is 13.7 Å². The molecule has 0 fully saturated rings. The molecule has 0 radical (unpaired) electrons. The molecule has 0 bridgehead atoms. The van der Waals surface area contributed by atoms with Gasteiger partial charge in [0.2, 0.25) is 5.91 Å². The standard InChI is InChI=1S/C46H93N2O6P/c1-6-8-10-12-14-16-18-19-20-21-22-23-24-25-26-27-28-30-32-34-36-38-40-46(50)47-44(43-54-55(51,52)53-42-41-48(3,4)5)45(49)39-37-35-33-31-29-17-15-13-11-9-7-2/h29,31,44-45,49H,6-28,30,32-43H2,1-5H3,(H-,47,50,51,52)/b31-29+/t44-,45+/m0/s1. The van der Waals surface area contributed by atoms with Gasteiger partial charge in [-0.25, -0.2) is 0 Å². The van der Waals surface area contributed by atoms with Gasteiger partial charge in [-0.05, 0) is 38.5 Å². The number of allylic oxidation sites excluding steroid dienone is 2. The first-order valence-electron chi connectivity index (χ1n) is 23.5. The van der Waals surface area contributed by atoms with Gasteiger partial charge >= 0.3 is 0 Å². The second-order valence-corrected chi connectivity index (χ2v) is 18.9. The zero-order valence-corrected chi connectivity index (χ0v) is 38.0. The van der Waals surface area contributed by atoms with Crippen LogP contribution >= 0.6 is 7.82 Å². The molecule has 2 N–H and O–H groups in total. The Hall–Kier alpha value is -0.760. The van der Waals surface area contributed by atoms with Gasteiger partial charge in [-0.2, -0.15) is 0 Å². The Morgan fingerprint density at radius 3 is 1.42 bits per heavy atom. The van der Waals surface area contributed by atoms with Gasteiger partial charge in [-0.15, -0.1) is 0 Å². The predicted octanol–water partition coefficient (Wildman–Crippen LogP) is 12.5. The number of nitrogens with zero attached hydrogens (tertiary/aromatic N) is 1. The van der Waals surface area contributed by atoms with E-state index in [-0.39, 0.29) is 19.1 Å². The second kappa shape index (κ2) is 38.7. The molecule has 0 aliphatic heterocycles. The highest BCUT2D eigenvalue weighted by Crippen LogP contribution is 2.38. The van der Waals surface area contributed by atoms with Crippen LogP contribution in [0.4, 0.5) is 0 Å². The molecule has 1 amide bonds. The van der Waals surface area contributed by atoms with Crippen molar-refractivity contribution in [2.75, 3.05) is 40.9 Å². The number of hydrogen-bond donors (Lipinski definition) is 2. The summed E-state index contributed by atoms with van der Waals surface area (Å²) in [5.74, 6) is -0.172.